The van der Waals surface area contributed by atoms with Gasteiger partial charge in [-0.25, -0.2) is 0 Å². The Labute approximate surface area is 277 Å². The third-order valence-electron chi connectivity index (χ3n) is 7.60. The van der Waals surface area contributed by atoms with E-state index < -0.39 is 11.7 Å². The van der Waals surface area contributed by atoms with Crippen LogP contribution in [0.3, 0.4) is 0 Å². The number of hydrogen-bond acceptors (Lipinski definition) is 5. The van der Waals surface area contributed by atoms with Crippen LogP contribution in [0, 0.1) is 0 Å². The van der Waals surface area contributed by atoms with Crippen LogP contribution in [0.2, 0.25) is 0 Å². The van der Waals surface area contributed by atoms with Crippen molar-refractivity contribution in [2.24, 2.45) is 0 Å². The lowest BCUT2D eigenvalue weighted by atomic mass is 9.99. The second-order valence-electron chi connectivity index (χ2n) is 11.2. The third kappa shape index (κ3) is 9.03. The molecule has 1 amide bonds. The molecule has 0 atom stereocenters. The molecular weight excluding hydrogens is 619 g/mol. The van der Waals surface area contributed by atoms with Crippen molar-refractivity contribution < 1.29 is 37.0 Å². The van der Waals surface area contributed by atoms with Gasteiger partial charge in [-0.3, -0.25) is 9.59 Å². The zero-order valence-electron chi connectivity index (χ0n) is 26.5. The first-order chi connectivity index (χ1) is 23.1. The van der Waals surface area contributed by atoms with Crippen molar-refractivity contribution in [1.29, 1.82) is 0 Å². The second-order valence-corrected chi connectivity index (χ2v) is 11.2. The number of carbonyl (C=O) groups excluding carboxylic acids is 2. The van der Waals surface area contributed by atoms with Gasteiger partial charge >= 0.3 is 12.1 Å². The van der Waals surface area contributed by atoms with E-state index in [2.05, 4.69) is 0 Å². The summed E-state index contributed by atoms with van der Waals surface area (Å²) in [5, 5.41) is 0. The van der Waals surface area contributed by atoms with E-state index in [-0.39, 0.29) is 24.9 Å². The van der Waals surface area contributed by atoms with E-state index in [4.69, 9.17) is 14.2 Å². The Balaban J connectivity index is 1.35. The molecule has 0 unspecified atom stereocenters. The Kier molecular flexibility index (Phi) is 10.8. The number of esters is 1. The average Bonchev–Trinajstić information content (AvgIpc) is 3.09. The highest BCUT2D eigenvalue weighted by Gasteiger charge is 2.30. The van der Waals surface area contributed by atoms with Gasteiger partial charge in [-0.2, -0.15) is 13.2 Å². The molecule has 0 aliphatic rings. The van der Waals surface area contributed by atoms with Gasteiger partial charge in [0.05, 0.1) is 12.7 Å². The molecule has 0 saturated carbocycles. The summed E-state index contributed by atoms with van der Waals surface area (Å²) in [5.41, 5.74) is 3.27. The molecule has 0 aromatic heterocycles. The Morgan fingerprint density at radius 1 is 0.729 bits per heavy atom. The lowest BCUT2D eigenvalue weighted by molar-refractivity contribution is -0.140. The quantitative estimate of drug-likeness (QED) is 0.126. The summed E-state index contributed by atoms with van der Waals surface area (Å²) in [6, 6.07) is 34.5. The van der Waals surface area contributed by atoms with Crippen molar-refractivity contribution >= 4 is 11.9 Å². The van der Waals surface area contributed by atoms with Gasteiger partial charge in [0.15, 0.2) is 0 Å². The van der Waals surface area contributed by atoms with E-state index in [1.54, 1.807) is 48.3 Å². The molecule has 6 nitrogen and oxygen atoms in total. The topological polar surface area (TPSA) is 65.1 Å². The molecule has 0 aliphatic heterocycles. The lowest BCUT2D eigenvalue weighted by Gasteiger charge is -2.19. The molecule has 0 N–H and O–H groups in total. The van der Waals surface area contributed by atoms with Crippen LogP contribution in [-0.2, 0) is 35.3 Å². The fourth-order valence-electron chi connectivity index (χ4n) is 5.15. The van der Waals surface area contributed by atoms with Gasteiger partial charge in [0.2, 0.25) is 0 Å². The van der Waals surface area contributed by atoms with Crippen LogP contribution in [0.15, 0.2) is 121 Å². The number of methoxy groups -OCH3 is 1. The number of halogens is 3. The highest BCUT2D eigenvalue weighted by atomic mass is 19.4. The molecule has 246 valence electrons. The van der Waals surface area contributed by atoms with E-state index in [0.29, 0.717) is 46.9 Å². The zero-order valence-corrected chi connectivity index (χ0v) is 26.5. The van der Waals surface area contributed by atoms with Crippen molar-refractivity contribution in [1.82, 2.24) is 4.90 Å². The van der Waals surface area contributed by atoms with Crippen molar-refractivity contribution in [2.75, 3.05) is 14.2 Å². The van der Waals surface area contributed by atoms with Crippen molar-refractivity contribution in [3.63, 3.8) is 0 Å². The van der Waals surface area contributed by atoms with Crippen LogP contribution >= 0.6 is 0 Å². The molecule has 9 heteroatoms. The van der Waals surface area contributed by atoms with E-state index in [1.807, 2.05) is 66.7 Å². The summed E-state index contributed by atoms with van der Waals surface area (Å²) in [7, 11) is 3.05. The summed E-state index contributed by atoms with van der Waals surface area (Å²) in [4.78, 5) is 26.8. The maximum absolute atomic E-state index is 13.4. The minimum absolute atomic E-state index is 0.0959. The molecule has 48 heavy (non-hydrogen) atoms. The number of nitrogens with zero attached hydrogens (tertiary/aromatic N) is 1. The summed E-state index contributed by atoms with van der Waals surface area (Å²) in [5.74, 6) is 1.13. The minimum atomic E-state index is -4.47. The van der Waals surface area contributed by atoms with Crippen molar-refractivity contribution in [3.8, 4) is 28.4 Å². The van der Waals surface area contributed by atoms with Gasteiger partial charge in [-0.15, -0.1) is 0 Å². The van der Waals surface area contributed by atoms with Crippen LogP contribution in [0.25, 0.3) is 11.1 Å². The summed E-state index contributed by atoms with van der Waals surface area (Å²) in [6.45, 7) is 0.218. The maximum Gasteiger partial charge on any atom is 0.416 e. The summed E-state index contributed by atoms with van der Waals surface area (Å²) < 4.78 is 56.7. The van der Waals surface area contributed by atoms with Crippen LogP contribution in [0.5, 0.6) is 17.2 Å². The minimum Gasteiger partial charge on any atom is -0.488 e. The molecule has 0 aliphatic carbocycles. The maximum atomic E-state index is 13.4. The number of para-hydroxylation sites is 1. The Bertz CT molecular complexity index is 1870. The molecular formula is C39H34F3NO5. The highest BCUT2D eigenvalue weighted by Crippen LogP contribution is 2.34. The number of carbonyl (C=O) groups is 2. The SMILES string of the molecule is COC(=O)CCc1ccc(-c2cccc(CN(C)C(=O)c3cccc(Oc4ccccc4)c3)c2)c(OCc2cccc(C(F)(F)F)c2)c1. The Hall–Kier alpha value is -5.57. The van der Waals surface area contributed by atoms with E-state index >= 15 is 0 Å². The first-order valence-corrected chi connectivity index (χ1v) is 15.3. The predicted molar refractivity (Wildman–Crippen MR) is 177 cm³/mol. The van der Waals surface area contributed by atoms with Crippen LogP contribution in [0.1, 0.15) is 39.0 Å². The summed E-state index contributed by atoms with van der Waals surface area (Å²) in [6.07, 6.45) is -3.90. The normalized spacial score (nSPS) is 11.1. The number of rotatable bonds is 12. The molecule has 0 fully saturated rings. The lowest BCUT2D eigenvalue weighted by Crippen LogP contribution is -2.26. The number of hydrogen-bond donors (Lipinski definition) is 0. The van der Waals surface area contributed by atoms with Gasteiger partial charge in [-0.05, 0) is 83.3 Å². The second kappa shape index (κ2) is 15.3. The Morgan fingerprint density at radius 2 is 1.46 bits per heavy atom. The number of benzene rings is 5. The van der Waals surface area contributed by atoms with E-state index in [0.717, 1.165) is 28.8 Å². The monoisotopic (exact) mass is 653 g/mol. The Morgan fingerprint density at radius 3 is 2.23 bits per heavy atom. The van der Waals surface area contributed by atoms with E-state index in [1.165, 1.54) is 13.2 Å². The average molecular weight is 654 g/mol. The van der Waals surface area contributed by atoms with E-state index in [9.17, 15) is 22.8 Å². The number of aryl methyl sites for hydroxylation is 1. The molecule has 0 heterocycles. The fraction of sp³-hybridized carbons (Fsp3) is 0.179. The zero-order chi connectivity index (χ0) is 34.1. The molecule has 5 aromatic carbocycles. The smallest absolute Gasteiger partial charge is 0.416 e. The van der Waals surface area contributed by atoms with Crippen LogP contribution in [0.4, 0.5) is 13.2 Å². The molecule has 0 saturated heterocycles. The van der Waals surface area contributed by atoms with Gasteiger partial charge in [-0.1, -0.05) is 66.7 Å². The fourth-order valence-corrected chi connectivity index (χ4v) is 5.15. The molecule has 5 rings (SSSR count). The molecule has 0 radical (unpaired) electrons. The van der Waals surface area contributed by atoms with Crippen molar-refractivity contribution in [2.45, 2.75) is 32.2 Å². The first-order valence-electron chi connectivity index (χ1n) is 15.3. The summed E-state index contributed by atoms with van der Waals surface area (Å²) >= 11 is 0. The molecule has 0 bridgehead atoms. The first kappa shape index (κ1) is 33.8. The van der Waals surface area contributed by atoms with Gasteiger partial charge in [0, 0.05) is 31.1 Å². The largest absolute Gasteiger partial charge is 0.488 e. The molecule has 0 spiro atoms. The number of amides is 1. The number of ether oxygens (including phenoxy) is 3. The highest BCUT2D eigenvalue weighted by molar-refractivity contribution is 5.94. The standard InChI is InChI=1S/C39H34F3NO5/c1-43(38(45)31-12-8-16-34(24-31)48-33-14-4-3-5-15-33)25-28-9-6-11-30(21-28)35-19-17-27(18-20-37(44)46-2)23-36(35)47-26-29-10-7-13-32(22-29)39(40,41)42/h3-17,19,21-24H,18,20,25-26H2,1-2H3. The molecule has 5 aromatic rings. The predicted octanol–water partition coefficient (Wildman–Crippen LogP) is 9.12. The van der Waals surface area contributed by atoms with Crippen LogP contribution < -0.4 is 9.47 Å². The third-order valence-corrected chi connectivity index (χ3v) is 7.60. The van der Waals surface area contributed by atoms with Gasteiger partial charge in [0.25, 0.3) is 5.91 Å². The van der Waals surface area contributed by atoms with Gasteiger partial charge < -0.3 is 19.1 Å². The van der Waals surface area contributed by atoms with Gasteiger partial charge in [0.1, 0.15) is 23.9 Å². The van der Waals surface area contributed by atoms with Crippen LogP contribution in [-0.4, -0.2) is 30.9 Å². The number of alkyl halides is 3. The van der Waals surface area contributed by atoms with Crippen molar-refractivity contribution in [3.05, 3.63) is 149 Å².